The van der Waals surface area contributed by atoms with Crippen LogP contribution < -0.4 is 16.4 Å². The van der Waals surface area contributed by atoms with Gasteiger partial charge in [-0.05, 0) is 12.8 Å². The second-order valence-corrected chi connectivity index (χ2v) is 3.29. The van der Waals surface area contributed by atoms with Gasteiger partial charge in [0, 0.05) is 19.1 Å². The predicted molar refractivity (Wildman–Crippen MR) is 54.5 cm³/mol. The lowest BCUT2D eigenvalue weighted by Crippen LogP contribution is -2.44. The number of amides is 2. The lowest BCUT2D eigenvalue weighted by atomic mass is 10.0. The fraction of sp³-hybridized carbons (Fsp3) is 0.889. The quantitative estimate of drug-likeness (QED) is 0.592. The molecule has 0 aromatic carbocycles. The number of carbonyl (C=O) groups excluding carboxylic acids is 1. The van der Waals surface area contributed by atoms with Gasteiger partial charge in [-0.1, -0.05) is 20.3 Å². The van der Waals surface area contributed by atoms with Crippen LogP contribution in [-0.4, -0.2) is 25.2 Å². The summed E-state index contributed by atoms with van der Waals surface area (Å²) in [5.41, 5.74) is 5.83. The largest absolute Gasteiger partial charge is 0.338 e. The van der Waals surface area contributed by atoms with Gasteiger partial charge in [0.2, 0.25) is 0 Å². The molecule has 0 rings (SSSR count). The zero-order chi connectivity index (χ0) is 10.3. The fourth-order valence-corrected chi connectivity index (χ4v) is 0.938. The Morgan fingerprint density at radius 3 is 2.46 bits per heavy atom. The Kier molecular flexibility index (Phi) is 6.32. The van der Waals surface area contributed by atoms with Gasteiger partial charge in [-0.2, -0.15) is 0 Å². The molecule has 0 aromatic rings. The third-order valence-electron chi connectivity index (χ3n) is 2.21. The van der Waals surface area contributed by atoms with Gasteiger partial charge in [-0.15, -0.1) is 0 Å². The van der Waals surface area contributed by atoms with E-state index in [0.717, 1.165) is 6.42 Å². The van der Waals surface area contributed by atoms with Crippen LogP contribution in [0.2, 0.25) is 0 Å². The molecule has 0 aliphatic carbocycles. The van der Waals surface area contributed by atoms with Gasteiger partial charge in [0.1, 0.15) is 0 Å². The standard InChI is InChI=1S/C9H21N3O/c1-4-7(3)8(10)6-12-9(13)11-5-2/h7-8H,4-6,10H2,1-3H3,(H2,11,12,13)/t7?,8-/m1/s1. The van der Waals surface area contributed by atoms with Gasteiger partial charge in [0.15, 0.2) is 0 Å². The highest BCUT2D eigenvalue weighted by Crippen LogP contribution is 2.03. The van der Waals surface area contributed by atoms with Crippen LogP contribution in [0.25, 0.3) is 0 Å². The van der Waals surface area contributed by atoms with E-state index in [0.29, 0.717) is 19.0 Å². The monoisotopic (exact) mass is 187 g/mol. The van der Waals surface area contributed by atoms with Crippen LogP contribution in [0.15, 0.2) is 0 Å². The molecule has 0 bridgehead atoms. The number of hydrogen-bond donors (Lipinski definition) is 3. The maximum atomic E-state index is 11.0. The van der Waals surface area contributed by atoms with Crippen molar-refractivity contribution in [3.05, 3.63) is 0 Å². The van der Waals surface area contributed by atoms with Crippen LogP contribution in [0.3, 0.4) is 0 Å². The third kappa shape index (κ3) is 5.47. The molecule has 2 atom stereocenters. The van der Waals surface area contributed by atoms with E-state index >= 15 is 0 Å². The normalized spacial score (nSPS) is 14.8. The molecule has 0 heterocycles. The van der Waals surface area contributed by atoms with Crippen molar-refractivity contribution in [2.75, 3.05) is 13.1 Å². The minimum Gasteiger partial charge on any atom is -0.338 e. The Balaban J connectivity index is 3.57. The second kappa shape index (κ2) is 6.71. The van der Waals surface area contributed by atoms with Crippen molar-refractivity contribution in [3.8, 4) is 0 Å². The van der Waals surface area contributed by atoms with E-state index in [2.05, 4.69) is 24.5 Å². The van der Waals surface area contributed by atoms with Gasteiger partial charge in [0.05, 0.1) is 0 Å². The summed E-state index contributed by atoms with van der Waals surface area (Å²) < 4.78 is 0. The van der Waals surface area contributed by atoms with Gasteiger partial charge in [-0.25, -0.2) is 4.79 Å². The molecule has 1 unspecified atom stereocenters. The molecule has 0 saturated heterocycles. The maximum absolute atomic E-state index is 11.0. The first-order chi connectivity index (χ1) is 6.11. The SMILES string of the molecule is CCNC(=O)NC[C@@H](N)C(C)CC. The van der Waals surface area contributed by atoms with Crippen LogP contribution in [-0.2, 0) is 0 Å². The van der Waals surface area contributed by atoms with Crippen molar-refractivity contribution < 1.29 is 4.79 Å². The summed E-state index contributed by atoms with van der Waals surface area (Å²) in [5.74, 6) is 0.446. The minimum absolute atomic E-state index is 0.0487. The first-order valence-corrected chi connectivity index (χ1v) is 4.89. The lowest BCUT2D eigenvalue weighted by Gasteiger charge is -2.18. The summed E-state index contributed by atoms with van der Waals surface area (Å²) in [4.78, 5) is 11.0. The van der Waals surface area contributed by atoms with E-state index in [9.17, 15) is 4.79 Å². The molecule has 13 heavy (non-hydrogen) atoms. The smallest absolute Gasteiger partial charge is 0.314 e. The molecule has 0 aromatic heterocycles. The zero-order valence-corrected chi connectivity index (χ0v) is 8.76. The molecule has 4 heteroatoms. The summed E-state index contributed by atoms with van der Waals surface area (Å²) >= 11 is 0. The van der Waals surface area contributed by atoms with E-state index in [1.807, 2.05) is 6.92 Å². The lowest BCUT2D eigenvalue weighted by molar-refractivity contribution is 0.239. The molecule has 78 valence electrons. The molecule has 4 nitrogen and oxygen atoms in total. The topological polar surface area (TPSA) is 67.2 Å². The average molecular weight is 187 g/mol. The van der Waals surface area contributed by atoms with Crippen LogP contribution in [0.1, 0.15) is 27.2 Å². The molecule has 4 N–H and O–H groups in total. The Bertz CT molecular complexity index is 150. The van der Waals surface area contributed by atoms with E-state index in [1.54, 1.807) is 0 Å². The molecule has 0 radical (unpaired) electrons. The number of urea groups is 1. The Morgan fingerprint density at radius 1 is 1.38 bits per heavy atom. The molecule has 0 saturated carbocycles. The summed E-state index contributed by atoms with van der Waals surface area (Å²) in [6.45, 7) is 7.25. The van der Waals surface area contributed by atoms with Crippen molar-refractivity contribution in [2.24, 2.45) is 11.7 Å². The fourth-order valence-electron chi connectivity index (χ4n) is 0.938. The molecule has 0 aliphatic heterocycles. The molecule has 0 aliphatic rings. The summed E-state index contributed by atoms with van der Waals surface area (Å²) in [6, 6.07) is -0.0890. The molecular weight excluding hydrogens is 166 g/mol. The second-order valence-electron chi connectivity index (χ2n) is 3.29. The molecular formula is C9H21N3O. The highest BCUT2D eigenvalue weighted by Gasteiger charge is 2.10. The molecule has 2 amide bonds. The van der Waals surface area contributed by atoms with E-state index < -0.39 is 0 Å². The Hall–Kier alpha value is -0.770. The van der Waals surface area contributed by atoms with Crippen LogP contribution >= 0.6 is 0 Å². The van der Waals surface area contributed by atoms with Crippen LogP contribution in [0, 0.1) is 5.92 Å². The van der Waals surface area contributed by atoms with Gasteiger partial charge < -0.3 is 16.4 Å². The Morgan fingerprint density at radius 2 is 2.00 bits per heavy atom. The summed E-state index contributed by atoms with van der Waals surface area (Å²) in [6.07, 6.45) is 1.04. The zero-order valence-electron chi connectivity index (χ0n) is 8.76. The van der Waals surface area contributed by atoms with Crippen molar-refractivity contribution in [1.82, 2.24) is 10.6 Å². The summed E-state index contributed by atoms with van der Waals surface area (Å²) in [5, 5.41) is 5.38. The van der Waals surface area contributed by atoms with E-state index in [1.165, 1.54) is 0 Å². The number of hydrogen-bond acceptors (Lipinski definition) is 2. The minimum atomic E-state index is -0.138. The first-order valence-electron chi connectivity index (χ1n) is 4.89. The van der Waals surface area contributed by atoms with Crippen LogP contribution in [0.4, 0.5) is 4.79 Å². The Labute approximate surface area is 80.3 Å². The summed E-state index contributed by atoms with van der Waals surface area (Å²) in [7, 11) is 0. The molecule has 0 fully saturated rings. The van der Waals surface area contributed by atoms with Gasteiger partial charge >= 0.3 is 6.03 Å². The highest BCUT2D eigenvalue weighted by atomic mass is 16.2. The third-order valence-corrected chi connectivity index (χ3v) is 2.21. The number of rotatable bonds is 5. The molecule has 0 spiro atoms. The van der Waals surface area contributed by atoms with Crippen molar-refractivity contribution in [1.29, 1.82) is 0 Å². The van der Waals surface area contributed by atoms with E-state index in [-0.39, 0.29) is 12.1 Å². The first kappa shape index (κ1) is 12.2. The van der Waals surface area contributed by atoms with Gasteiger partial charge in [-0.3, -0.25) is 0 Å². The van der Waals surface area contributed by atoms with Gasteiger partial charge in [0.25, 0.3) is 0 Å². The van der Waals surface area contributed by atoms with Crippen molar-refractivity contribution in [2.45, 2.75) is 33.2 Å². The number of carbonyl (C=O) groups is 1. The van der Waals surface area contributed by atoms with Crippen molar-refractivity contribution in [3.63, 3.8) is 0 Å². The van der Waals surface area contributed by atoms with Crippen LogP contribution in [0.5, 0.6) is 0 Å². The average Bonchev–Trinajstić information content (AvgIpc) is 2.13. The van der Waals surface area contributed by atoms with Crippen molar-refractivity contribution >= 4 is 6.03 Å². The van der Waals surface area contributed by atoms with E-state index in [4.69, 9.17) is 5.73 Å². The maximum Gasteiger partial charge on any atom is 0.314 e. The highest BCUT2D eigenvalue weighted by molar-refractivity contribution is 5.73. The number of nitrogens with one attached hydrogen (secondary N) is 2. The number of nitrogens with two attached hydrogens (primary N) is 1. The predicted octanol–water partition coefficient (Wildman–Crippen LogP) is 0.679.